The highest BCUT2D eigenvalue weighted by molar-refractivity contribution is 5.90. The maximum absolute atomic E-state index is 14.0. The summed E-state index contributed by atoms with van der Waals surface area (Å²) in [6, 6.07) is 4.98. The molecular formula is C19H22FN5O. The predicted molar refractivity (Wildman–Crippen MR) is 96.3 cm³/mol. The lowest BCUT2D eigenvalue weighted by Gasteiger charge is -2.32. The average molecular weight is 355 g/mol. The van der Waals surface area contributed by atoms with E-state index in [1.54, 1.807) is 12.4 Å². The number of aromatic nitrogens is 4. The van der Waals surface area contributed by atoms with Gasteiger partial charge in [0.25, 0.3) is 0 Å². The molecule has 1 amide bonds. The summed E-state index contributed by atoms with van der Waals surface area (Å²) in [4.78, 5) is 17.9. The second-order valence-electron chi connectivity index (χ2n) is 7.05. The lowest BCUT2D eigenvalue weighted by molar-refractivity contribution is -0.131. The summed E-state index contributed by atoms with van der Waals surface area (Å²) in [5.74, 6) is 0.921. The van der Waals surface area contributed by atoms with Gasteiger partial charge in [-0.15, -0.1) is 10.2 Å². The van der Waals surface area contributed by atoms with Gasteiger partial charge in [0.05, 0.1) is 11.9 Å². The summed E-state index contributed by atoms with van der Waals surface area (Å²) in [5, 5.41) is 8.94. The van der Waals surface area contributed by atoms with Gasteiger partial charge in [0.15, 0.2) is 0 Å². The van der Waals surface area contributed by atoms with Crippen molar-refractivity contribution in [3.8, 4) is 0 Å². The quantitative estimate of drug-likeness (QED) is 0.785. The normalized spacial score (nSPS) is 17.8. The molecule has 1 aliphatic rings. The van der Waals surface area contributed by atoms with Gasteiger partial charge in [0.2, 0.25) is 5.91 Å². The van der Waals surface area contributed by atoms with Gasteiger partial charge in [0, 0.05) is 37.1 Å². The number of para-hydroxylation sites is 1. The van der Waals surface area contributed by atoms with E-state index in [1.165, 1.54) is 6.07 Å². The van der Waals surface area contributed by atoms with Crippen LogP contribution in [0.25, 0.3) is 10.9 Å². The first kappa shape index (κ1) is 16.8. The molecule has 1 aromatic carbocycles. The molecule has 1 aliphatic heterocycles. The van der Waals surface area contributed by atoms with Crippen molar-refractivity contribution in [2.45, 2.75) is 32.1 Å². The van der Waals surface area contributed by atoms with Crippen LogP contribution in [0.4, 0.5) is 4.39 Å². The van der Waals surface area contributed by atoms with Gasteiger partial charge in [-0.1, -0.05) is 12.1 Å². The van der Waals surface area contributed by atoms with E-state index in [4.69, 9.17) is 0 Å². The van der Waals surface area contributed by atoms with Crippen molar-refractivity contribution < 1.29 is 9.18 Å². The minimum absolute atomic E-state index is 0.0742. The highest BCUT2D eigenvalue weighted by atomic mass is 19.1. The van der Waals surface area contributed by atoms with Gasteiger partial charge >= 0.3 is 0 Å². The Morgan fingerprint density at radius 3 is 3.04 bits per heavy atom. The molecule has 1 atom stereocenters. The molecule has 7 heteroatoms. The van der Waals surface area contributed by atoms with E-state index in [0.29, 0.717) is 12.1 Å². The van der Waals surface area contributed by atoms with Crippen molar-refractivity contribution in [3.05, 3.63) is 47.4 Å². The summed E-state index contributed by atoms with van der Waals surface area (Å²) in [6.07, 6.45) is 3.93. The van der Waals surface area contributed by atoms with Crippen LogP contribution in [0.15, 0.2) is 24.5 Å². The number of hydrogen-bond acceptors (Lipinski definition) is 3. The summed E-state index contributed by atoms with van der Waals surface area (Å²) in [5.41, 5.74) is 2.20. The second-order valence-corrected chi connectivity index (χ2v) is 7.05. The molecule has 136 valence electrons. The monoisotopic (exact) mass is 355 g/mol. The number of fused-ring (bicyclic) bond motifs is 1. The maximum Gasteiger partial charge on any atom is 0.227 e. The maximum atomic E-state index is 14.0. The van der Waals surface area contributed by atoms with Gasteiger partial charge in [0.1, 0.15) is 18.0 Å². The highest BCUT2D eigenvalue weighted by Crippen LogP contribution is 2.28. The Morgan fingerprint density at radius 2 is 2.27 bits per heavy atom. The molecule has 0 bridgehead atoms. The van der Waals surface area contributed by atoms with Crippen LogP contribution in [0.2, 0.25) is 0 Å². The largest absolute Gasteiger partial charge is 0.356 e. The molecule has 0 spiro atoms. The minimum Gasteiger partial charge on any atom is -0.356 e. The predicted octanol–water partition coefficient (Wildman–Crippen LogP) is 2.69. The molecule has 6 nitrogen and oxygen atoms in total. The number of carbonyl (C=O) groups is 1. The Labute approximate surface area is 151 Å². The lowest BCUT2D eigenvalue weighted by Crippen LogP contribution is -2.40. The molecule has 4 rings (SSSR count). The van der Waals surface area contributed by atoms with Crippen LogP contribution in [0.5, 0.6) is 0 Å². The molecule has 0 radical (unpaired) electrons. The van der Waals surface area contributed by atoms with Gasteiger partial charge in [-0.3, -0.25) is 4.79 Å². The summed E-state index contributed by atoms with van der Waals surface area (Å²) >= 11 is 0. The highest BCUT2D eigenvalue weighted by Gasteiger charge is 2.28. The number of aryl methyl sites for hydroxylation is 2. The molecule has 3 heterocycles. The molecule has 0 saturated carbocycles. The number of rotatable bonds is 3. The summed E-state index contributed by atoms with van der Waals surface area (Å²) in [7, 11) is 1.93. The number of likely N-dealkylation sites (tertiary alicyclic amines) is 1. The zero-order valence-electron chi connectivity index (χ0n) is 15.0. The van der Waals surface area contributed by atoms with Crippen molar-refractivity contribution >= 4 is 16.8 Å². The lowest BCUT2D eigenvalue weighted by atomic mass is 9.96. The van der Waals surface area contributed by atoms with E-state index >= 15 is 0 Å². The average Bonchev–Trinajstić information content (AvgIpc) is 3.20. The Morgan fingerprint density at radius 1 is 1.42 bits per heavy atom. The molecule has 0 aliphatic carbocycles. The molecule has 1 saturated heterocycles. The number of nitrogens with one attached hydrogen (secondary N) is 1. The van der Waals surface area contributed by atoms with E-state index in [-0.39, 0.29) is 24.1 Å². The minimum atomic E-state index is -0.287. The Kier molecular flexibility index (Phi) is 4.22. The summed E-state index contributed by atoms with van der Waals surface area (Å²) in [6.45, 7) is 3.30. The van der Waals surface area contributed by atoms with E-state index in [0.717, 1.165) is 41.9 Å². The Balaban J connectivity index is 1.54. The van der Waals surface area contributed by atoms with Crippen molar-refractivity contribution in [1.29, 1.82) is 0 Å². The van der Waals surface area contributed by atoms with E-state index in [9.17, 15) is 9.18 Å². The molecule has 1 fully saturated rings. The van der Waals surface area contributed by atoms with Gasteiger partial charge in [-0.2, -0.15) is 0 Å². The number of aromatic amines is 1. The smallest absolute Gasteiger partial charge is 0.227 e. The van der Waals surface area contributed by atoms with Gasteiger partial charge in [-0.25, -0.2) is 4.39 Å². The Bertz CT molecular complexity index is 960. The molecule has 3 aromatic rings. The van der Waals surface area contributed by atoms with Gasteiger partial charge in [-0.05, 0) is 31.4 Å². The number of hydrogen-bond donors (Lipinski definition) is 1. The Hall–Kier alpha value is -2.70. The van der Waals surface area contributed by atoms with Crippen molar-refractivity contribution in [3.63, 3.8) is 0 Å². The number of piperidine rings is 1. The number of nitrogens with zero attached hydrogens (tertiary/aromatic N) is 4. The SMILES string of the molecule is Cc1[nH]c2c(F)cccc2c1CC(=O)N1CCCC(c2nncn2C)C1. The number of H-pyrrole nitrogens is 1. The zero-order valence-corrected chi connectivity index (χ0v) is 15.0. The fourth-order valence-corrected chi connectivity index (χ4v) is 3.93. The molecular weight excluding hydrogens is 333 g/mol. The first-order chi connectivity index (χ1) is 12.5. The fourth-order valence-electron chi connectivity index (χ4n) is 3.93. The first-order valence-corrected chi connectivity index (χ1v) is 8.92. The third-order valence-corrected chi connectivity index (χ3v) is 5.32. The van der Waals surface area contributed by atoms with Crippen LogP contribution in [0.1, 0.15) is 35.8 Å². The fraction of sp³-hybridized carbons (Fsp3) is 0.421. The molecule has 2 aromatic heterocycles. The zero-order chi connectivity index (χ0) is 18.3. The van der Waals surface area contributed by atoms with Crippen molar-refractivity contribution in [2.24, 2.45) is 7.05 Å². The van der Waals surface area contributed by atoms with Crippen LogP contribution in [0.3, 0.4) is 0 Å². The first-order valence-electron chi connectivity index (χ1n) is 8.92. The van der Waals surface area contributed by atoms with Crippen LogP contribution in [-0.2, 0) is 18.3 Å². The van der Waals surface area contributed by atoms with E-state index < -0.39 is 0 Å². The van der Waals surface area contributed by atoms with E-state index in [1.807, 2.05) is 29.5 Å². The number of benzene rings is 1. The van der Waals surface area contributed by atoms with E-state index in [2.05, 4.69) is 15.2 Å². The van der Waals surface area contributed by atoms with Crippen molar-refractivity contribution in [2.75, 3.05) is 13.1 Å². The molecule has 1 unspecified atom stereocenters. The third-order valence-electron chi connectivity index (χ3n) is 5.32. The van der Waals surface area contributed by atoms with Crippen LogP contribution in [-0.4, -0.2) is 43.6 Å². The second kappa shape index (κ2) is 6.55. The third kappa shape index (κ3) is 2.87. The molecule has 26 heavy (non-hydrogen) atoms. The number of carbonyl (C=O) groups excluding carboxylic acids is 1. The van der Waals surface area contributed by atoms with Gasteiger partial charge < -0.3 is 14.5 Å². The standard InChI is InChI=1S/C19H22FN5O/c1-12-15(14-6-3-7-16(20)18(14)22-12)9-17(26)25-8-4-5-13(10-25)19-23-21-11-24(19)2/h3,6-7,11,13,22H,4-5,8-10H2,1-2H3. The number of halogens is 1. The summed E-state index contributed by atoms with van der Waals surface area (Å²) < 4.78 is 15.9. The number of amides is 1. The molecule has 1 N–H and O–H groups in total. The topological polar surface area (TPSA) is 66.8 Å². The van der Waals surface area contributed by atoms with Crippen molar-refractivity contribution in [1.82, 2.24) is 24.6 Å². The van der Waals surface area contributed by atoms with Crippen LogP contribution in [0, 0.1) is 12.7 Å². The van der Waals surface area contributed by atoms with Crippen LogP contribution < -0.4 is 0 Å². The van der Waals surface area contributed by atoms with Crippen LogP contribution >= 0.6 is 0 Å².